The molecule has 0 aliphatic heterocycles. The molecule has 0 rings (SSSR count). The topological polar surface area (TPSA) is 38.0 Å². The van der Waals surface area contributed by atoms with Crippen molar-refractivity contribution in [3.8, 4) is 0 Å². The van der Waals surface area contributed by atoms with Crippen molar-refractivity contribution in [2.45, 2.75) is 32.7 Å². The van der Waals surface area contributed by atoms with Gasteiger partial charge in [-0.3, -0.25) is 4.84 Å². The van der Waals surface area contributed by atoms with Gasteiger partial charge in [0.1, 0.15) is 0 Å². The van der Waals surface area contributed by atoms with Crippen LogP contribution in [0.1, 0.15) is 26.7 Å². The molecule has 66 valence electrons. The highest BCUT2D eigenvalue weighted by Crippen LogP contribution is 2.05. The van der Waals surface area contributed by atoms with Gasteiger partial charge in [0.15, 0.2) is 0 Å². The van der Waals surface area contributed by atoms with Crippen LogP contribution < -0.4 is 10.6 Å². The minimum absolute atomic E-state index is 0.133. The molecule has 0 radical (unpaired) electrons. The van der Waals surface area contributed by atoms with E-state index in [0.717, 1.165) is 6.42 Å². The number of halogens is 1. The van der Waals surface area contributed by atoms with Crippen LogP contribution in [0, 0.1) is 5.92 Å². The van der Waals surface area contributed by atoms with Crippen molar-refractivity contribution < 1.29 is 0 Å². The molecule has 0 unspecified atom stereocenters. The fraction of sp³-hybridized carbons (Fsp3) is 0.857. The Hall–Kier alpha value is 0.140. The van der Waals surface area contributed by atoms with Gasteiger partial charge in [-0.25, -0.2) is 0 Å². The van der Waals surface area contributed by atoms with Gasteiger partial charge in [-0.05, 0) is 12.3 Å². The van der Waals surface area contributed by atoms with Gasteiger partial charge in [0, 0.05) is 24.2 Å². The van der Waals surface area contributed by atoms with Crippen LogP contribution in [0.3, 0.4) is 0 Å². The molecule has 4 heteroatoms. The first-order valence-electron chi connectivity index (χ1n) is 3.71. The average molecular weight is 195 g/mol. The lowest BCUT2D eigenvalue weighted by atomic mass is 10.0. The molecule has 0 amide bonds. The zero-order valence-electron chi connectivity index (χ0n) is 6.93. The highest BCUT2D eigenvalue weighted by molar-refractivity contribution is 7.80. The molecule has 0 fully saturated rings. The molecule has 0 heterocycles. The molecule has 0 aliphatic carbocycles. The highest BCUT2D eigenvalue weighted by atomic mass is 35.5. The van der Waals surface area contributed by atoms with Crippen LogP contribution >= 0.6 is 24.0 Å². The van der Waals surface area contributed by atoms with Crippen LogP contribution in [0.5, 0.6) is 0 Å². The number of hydrogen-bond acceptors (Lipinski definition) is 2. The van der Waals surface area contributed by atoms with E-state index in [-0.39, 0.29) is 6.04 Å². The summed E-state index contributed by atoms with van der Waals surface area (Å²) in [5.74, 6) is 0.614. The molecular weight excluding hydrogens is 180 g/mol. The fourth-order valence-electron chi connectivity index (χ4n) is 0.966. The number of nitrogens with two attached hydrogens (primary N) is 1. The zero-order chi connectivity index (χ0) is 8.85. The van der Waals surface area contributed by atoms with Crippen molar-refractivity contribution >= 4 is 29.0 Å². The van der Waals surface area contributed by atoms with E-state index in [2.05, 4.69) is 18.7 Å². The van der Waals surface area contributed by atoms with Gasteiger partial charge in [0.25, 0.3) is 0 Å². The molecular formula is C7H15ClN2S. The Bertz CT molecular complexity index is 128. The summed E-state index contributed by atoms with van der Waals surface area (Å²) in [5, 5.41) is 0. The number of rotatable bonds is 4. The maximum atomic E-state index is 5.76. The zero-order valence-corrected chi connectivity index (χ0v) is 8.50. The van der Waals surface area contributed by atoms with Gasteiger partial charge < -0.3 is 5.73 Å². The van der Waals surface area contributed by atoms with Gasteiger partial charge in [0.05, 0.1) is 4.99 Å². The summed E-state index contributed by atoms with van der Waals surface area (Å²) in [5.41, 5.74) is 5.76. The second kappa shape index (κ2) is 5.75. The van der Waals surface area contributed by atoms with Crippen LogP contribution in [-0.2, 0) is 0 Å². The van der Waals surface area contributed by atoms with E-state index in [9.17, 15) is 0 Å². The lowest BCUT2D eigenvalue weighted by Crippen LogP contribution is -2.27. The van der Waals surface area contributed by atoms with Gasteiger partial charge in [-0.2, -0.15) is 0 Å². The van der Waals surface area contributed by atoms with E-state index < -0.39 is 0 Å². The van der Waals surface area contributed by atoms with Gasteiger partial charge in [0.2, 0.25) is 0 Å². The first-order chi connectivity index (χ1) is 5.06. The van der Waals surface area contributed by atoms with Crippen molar-refractivity contribution in [3.63, 3.8) is 0 Å². The summed E-state index contributed by atoms with van der Waals surface area (Å²) >= 11 is 10.1. The average Bonchev–Trinajstić information content (AvgIpc) is 1.85. The van der Waals surface area contributed by atoms with E-state index in [4.69, 9.17) is 29.7 Å². The molecule has 3 N–H and O–H groups in total. The molecule has 11 heavy (non-hydrogen) atoms. The van der Waals surface area contributed by atoms with Crippen LogP contribution in [0.2, 0.25) is 0 Å². The van der Waals surface area contributed by atoms with Crippen LogP contribution in [-0.4, -0.2) is 11.0 Å². The van der Waals surface area contributed by atoms with Crippen molar-refractivity contribution in [2.75, 3.05) is 0 Å². The minimum atomic E-state index is 0.133. The Kier molecular flexibility index (Phi) is 5.82. The van der Waals surface area contributed by atoms with Crippen LogP contribution in [0.15, 0.2) is 0 Å². The standard InChI is InChI=1S/C7H15ClN2S/c1-5(2)3-6(9)4-7(11)10-8/h5-6H,3-4,9H2,1-2H3,(H,10,11)/t6-/m0/s1. The van der Waals surface area contributed by atoms with E-state index >= 15 is 0 Å². The summed E-state index contributed by atoms with van der Waals surface area (Å²) in [6.07, 6.45) is 1.66. The molecule has 2 nitrogen and oxygen atoms in total. The smallest absolute Gasteiger partial charge is 0.0913 e. The lowest BCUT2D eigenvalue weighted by molar-refractivity contribution is 0.505. The Labute approximate surface area is 78.6 Å². The van der Waals surface area contributed by atoms with Crippen molar-refractivity contribution in [1.82, 2.24) is 4.84 Å². The Balaban J connectivity index is 3.51. The number of nitrogens with one attached hydrogen (secondary N) is 1. The number of hydrogen-bond donors (Lipinski definition) is 2. The molecule has 0 aromatic carbocycles. The normalized spacial score (nSPS) is 13.2. The first kappa shape index (κ1) is 11.1. The summed E-state index contributed by atoms with van der Waals surface area (Å²) in [6.45, 7) is 4.27. The first-order valence-corrected chi connectivity index (χ1v) is 4.50. The Morgan fingerprint density at radius 1 is 1.64 bits per heavy atom. The van der Waals surface area contributed by atoms with Gasteiger partial charge >= 0.3 is 0 Å². The Morgan fingerprint density at radius 3 is 2.55 bits per heavy atom. The van der Waals surface area contributed by atoms with Crippen molar-refractivity contribution in [1.29, 1.82) is 0 Å². The second-order valence-electron chi connectivity index (χ2n) is 3.11. The predicted octanol–water partition coefficient (Wildman–Crippen LogP) is 1.82. The van der Waals surface area contributed by atoms with E-state index in [0.29, 0.717) is 17.3 Å². The Morgan fingerprint density at radius 2 is 2.18 bits per heavy atom. The lowest BCUT2D eigenvalue weighted by Gasteiger charge is -2.13. The fourth-order valence-corrected chi connectivity index (χ4v) is 1.26. The molecule has 1 atom stereocenters. The minimum Gasteiger partial charge on any atom is -0.327 e. The molecule has 0 aliphatic rings. The summed E-state index contributed by atoms with van der Waals surface area (Å²) < 4.78 is 0. The number of thiocarbonyl (C=S) groups is 1. The molecule has 0 spiro atoms. The molecule has 0 saturated heterocycles. The molecule has 0 aromatic heterocycles. The van der Waals surface area contributed by atoms with Gasteiger partial charge in [-0.1, -0.05) is 26.1 Å². The van der Waals surface area contributed by atoms with E-state index in [1.807, 2.05) is 0 Å². The largest absolute Gasteiger partial charge is 0.327 e. The summed E-state index contributed by atoms with van der Waals surface area (Å²) in [6, 6.07) is 0.133. The highest BCUT2D eigenvalue weighted by Gasteiger charge is 2.07. The monoisotopic (exact) mass is 194 g/mol. The third kappa shape index (κ3) is 6.53. The van der Waals surface area contributed by atoms with Gasteiger partial charge in [-0.15, -0.1) is 0 Å². The summed E-state index contributed by atoms with van der Waals surface area (Å²) in [4.78, 5) is 3.02. The van der Waals surface area contributed by atoms with E-state index in [1.165, 1.54) is 0 Å². The molecule has 0 bridgehead atoms. The third-order valence-corrected chi connectivity index (χ3v) is 1.94. The maximum Gasteiger partial charge on any atom is 0.0913 e. The maximum absolute atomic E-state index is 5.76. The van der Waals surface area contributed by atoms with Crippen LogP contribution in [0.4, 0.5) is 0 Å². The van der Waals surface area contributed by atoms with Crippen LogP contribution in [0.25, 0.3) is 0 Å². The predicted molar refractivity (Wildman–Crippen MR) is 53.6 cm³/mol. The summed E-state index contributed by atoms with van der Waals surface area (Å²) in [7, 11) is 0. The third-order valence-electron chi connectivity index (χ3n) is 1.33. The molecule has 0 saturated carbocycles. The SMILES string of the molecule is CC(C)C[C@H](N)CC(=S)NCl. The van der Waals surface area contributed by atoms with Crippen molar-refractivity contribution in [3.05, 3.63) is 0 Å². The molecule has 0 aromatic rings. The van der Waals surface area contributed by atoms with E-state index in [1.54, 1.807) is 0 Å². The second-order valence-corrected chi connectivity index (χ2v) is 3.79. The quantitative estimate of drug-likeness (QED) is 0.530. The van der Waals surface area contributed by atoms with Crippen molar-refractivity contribution in [2.24, 2.45) is 11.7 Å².